The second-order valence-corrected chi connectivity index (χ2v) is 9.24. The lowest BCUT2D eigenvalue weighted by Crippen LogP contribution is -2.53. The number of likely N-dealkylation sites (tertiary alicyclic amines) is 1. The number of rotatable bonds is 5. The van der Waals surface area contributed by atoms with Crippen LogP contribution in [0.15, 0.2) is 36.4 Å². The van der Waals surface area contributed by atoms with Crippen LogP contribution in [0, 0.1) is 29.9 Å². The number of nitrogens with zero attached hydrogens (tertiary/aromatic N) is 4. The van der Waals surface area contributed by atoms with E-state index in [0.29, 0.717) is 32.5 Å². The summed E-state index contributed by atoms with van der Waals surface area (Å²) in [5, 5.41) is 11.6. The molecule has 2 aromatic rings. The van der Waals surface area contributed by atoms with Crippen molar-refractivity contribution in [2.75, 3.05) is 51.3 Å². The van der Waals surface area contributed by atoms with E-state index >= 15 is 0 Å². The van der Waals surface area contributed by atoms with Crippen LogP contribution >= 0.6 is 0 Å². The number of nitro groups is 1. The summed E-state index contributed by atoms with van der Waals surface area (Å²) in [4.78, 5) is 43.4. The number of hydrogen-bond acceptors (Lipinski definition) is 6. The Balaban J connectivity index is 1.42. The number of para-hydroxylation sites is 1. The molecule has 0 saturated carbocycles. The van der Waals surface area contributed by atoms with Crippen molar-refractivity contribution in [2.24, 2.45) is 5.92 Å². The van der Waals surface area contributed by atoms with Crippen molar-refractivity contribution in [1.82, 2.24) is 9.80 Å². The van der Waals surface area contributed by atoms with E-state index in [1.54, 1.807) is 11.0 Å². The quantitative estimate of drug-likeness (QED) is 0.481. The van der Waals surface area contributed by atoms with Gasteiger partial charge in [-0.05, 0) is 56.0 Å². The number of aryl methyl sites for hydroxylation is 1. The van der Waals surface area contributed by atoms with Gasteiger partial charge in [-0.3, -0.25) is 19.7 Å². The maximum absolute atomic E-state index is 13.3. The van der Waals surface area contributed by atoms with Gasteiger partial charge in [0.15, 0.2) is 5.75 Å². The fourth-order valence-corrected chi connectivity index (χ4v) is 5.09. The lowest BCUT2D eigenvalue weighted by molar-refractivity contribution is -0.386. The van der Waals surface area contributed by atoms with Crippen LogP contribution in [0.4, 0.5) is 11.4 Å². The Kier molecular flexibility index (Phi) is 7.23. The van der Waals surface area contributed by atoms with Crippen molar-refractivity contribution in [3.63, 3.8) is 0 Å². The first-order valence-electron chi connectivity index (χ1n) is 12.0. The zero-order chi connectivity index (χ0) is 25.1. The summed E-state index contributed by atoms with van der Waals surface area (Å²) in [7, 11) is 1.34. The molecule has 2 saturated heterocycles. The molecule has 2 fully saturated rings. The van der Waals surface area contributed by atoms with Crippen LogP contribution in [-0.2, 0) is 4.79 Å². The van der Waals surface area contributed by atoms with Gasteiger partial charge in [0.05, 0.1) is 18.0 Å². The molecule has 0 radical (unpaired) electrons. The first kappa shape index (κ1) is 24.5. The lowest BCUT2D eigenvalue weighted by Gasteiger charge is -2.40. The summed E-state index contributed by atoms with van der Waals surface area (Å²) in [5.74, 6) is -0.632. The Morgan fingerprint density at radius 2 is 1.71 bits per heavy atom. The molecule has 1 unspecified atom stereocenters. The largest absolute Gasteiger partial charge is 0.490 e. The minimum absolute atomic E-state index is 0.00964. The molecule has 0 aromatic heterocycles. The molecule has 2 aliphatic heterocycles. The lowest BCUT2D eigenvalue weighted by atomic mass is 9.95. The molecule has 9 heteroatoms. The average molecular weight is 481 g/mol. The van der Waals surface area contributed by atoms with Crippen LogP contribution in [0.5, 0.6) is 5.75 Å². The van der Waals surface area contributed by atoms with Crippen molar-refractivity contribution >= 4 is 23.2 Å². The molecule has 0 bridgehead atoms. The Morgan fingerprint density at radius 3 is 2.40 bits per heavy atom. The average Bonchev–Trinajstić information content (AvgIpc) is 2.89. The summed E-state index contributed by atoms with van der Waals surface area (Å²) in [6.07, 6.45) is 1.39. The summed E-state index contributed by atoms with van der Waals surface area (Å²) < 4.78 is 5.10. The summed E-state index contributed by atoms with van der Waals surface area (Å²) in [6, 6.07) is 10.8. The van der Waals surface area contributed by atoms with Crippen LogP contribution in [0.1, 0.15) is 34.3 Å². The normalized spacial score (nSPS) is 18.4. The SMILES string of the molecule is COc1cccc(C(=O)N2CCCC(C(=O)N3CCN(c4cccc(C)c4C)CC3)C2)c1[N+](=O)[O-]. The van der Waals surface area contributed by atoms with E-state index < -0.39 is 10.8 Å². The van der Waals surface area contributed by atoms with Crippen molar-refractivity contribution in [1.29, 1.82) is 0 Å². The van der Waals surface area contributed by atoms with Crippen LogP contribution in [-0.4, -0.2) is 72.9 Å². The van der Waals surface area contributed by atoms with E-state index in [9.17, 15) is 19.7 Å². The second-order valence-electron chi connectivity index (χ2n) is 9.24. The van der Waals surface area contributed by atoms with Crippen LogP contribution < -0.4 is 9.64 Å². The Morgan fingerprint density at radius 1 is 1.00 bits per heavy atom. The predicted molar refractivity (Wildman–Crippen MR) is 133 cm³/mol. The second kappa shape index (κ2) is 10.3. The van der Waals surface area contributed by atoms with Crippen molar-refractivity contribution in [2.45, 2.75) is 26.7 Å². The molecule has 2 heterocycles. The van der Waals surface area contributed by atoms with E-state index in [0.717, 1.165) is 13.1 Å². The first-order chi connectivity index (χ1) is 16.8. The van der Waals surface area contributed by atoms with Crippen LogP contribution in [0.2, 0.25) is 0 Å². The van der Waals surface area contributed by atoms with Crippen LogP contribution in [0.3, 0.4) is 0 Å². The molecular formula is C26H32N4O5. The highest BCUT2D eigenvalue weighted by molar-refractivity contribution is 5.99. The Bertz CT molecular complexity index is 1130. The molecule has 186 valence electrons. The molecule has 0 N–H and O–H groups in total. The van der Waals surface area contributed by atoms with Gasteiger partial charge in [-0.25, -0.2) is 0 Å². The number of nitro benzene ring substituents is 1. The molecule has 0 spiro atoms. The molecule has 9 nitrogen and oxygen atoms in total. The van der Waals surface area contributed by atoms with E-state index in [4.69, 9.17) is 4.74 Å². The third-order valence-electron chi connectivity index (χ3n) is 7.20. The molecule has 2 aromatic carbocycles. The van der Waals surface area contributed by atoms with E-state index in [-0.39, 0.29) is 35.4 Å². The molecule has 2 aliphatic rings. The number of piperazine rings is 1. The smallest absolute Gasteiger partial charge is 0.323 e. The number of piperidine rings is 1. The maximum Gasteiger partial charge on any atom is 0.323 e. The number of ether oxygens (including phenoxy) is 1. The highest BCUT2D eigenvalue weighted by Gasteiger charge is 2.35. The highest BCUT2D eigenvalue weighted by Crippen LogP contribution is 2.32. The van der Waals surface area contributed by atoms with Gasteiger partial charge in [0.1, 0.15) is 5.56 Å². The number of anilines is 1. The van der Waals surface area contributed by atoms with Gasteiger partial charge in [-0.1, -0.05) is 18.2 Å². The van der Waals surface area contributed by atoms with E-state index in [2.05, 4.69) is 36.9 Å². The monoisotopic (exact) mass is 480 g/mol. The zero-order valence-electron chi connectivity index (χ0n) is 20.5. The van der Waals surface area contributed by atoms with Gasteiger partial charge in [-0.2, -0.15) is 0 Å². The minimum atomic E-state index is -0.589. The third-order valence-corrected chi connectivity index (χ3v) is 7.20. The summed E-state index contributed by atoms with van der Waals surface area (Å²) >= 11 is 0. The standard InChI is InChI=1S/C26H32N4O5/c1-18-7-4-10-22(19(18)2)27-13-15-28(16-14-27)25(31)20-8-6-12-29(17-20)26(32)21-9-5-11-23(35-3)24(21)30(33)34/h4-5,7,9-11,20H,6,8,12-17H2,1-3H3. The van der Waals surface area contributed by atoms with E-state index in [1.165, 1.54) is 36.1 Å². The fourth-order valence-electron chi connectivity index (χ4n) is 5.09. The number of amides is 2. The fraction of sp³-hybridized carbons (Fsp3) is 0.462. The molecule has 35 heavy (non-hydrogen) atoms. The number of benzene rings is 2. The molecule has 2 amide bonds. The topological polar surface area (TPSA) is 96.2 Å². The van der Waals surface area contributed by atoms with Gasteiger partial charge in [-0.15, -0.1) is 0 Å². The maximum atomic E-state index is 13.3. The van der Waals surface area contributed by atoms with E-state index in [1.807, 2.05) is 4.90 Å². The number of carbonyl (C=O) groups is 2. The van der Waals surface area contributed by atoms with Gasteiger partial charge < -0.3 is 19.4 Å². The Labute approximate surface area is 205 Å². The molecule has 4 rings (SSSR count). The predicted octanol–water partition coefficient (Wildman–Crippen LogP) is 3.42. The molecular weight excluding hydrogens is 448 g/mol. The van der Waals surface area contributed by atoms with Crippen molar-refractivity contribution in [3.8, 4) is 5.75 Å². The molecule has 1 atom stereocenters. The minimum Gasteiger partial charge on any atom is -0.490 e. The number of hydrogen-bond donors (Lipinski definition) is 0. The molecule has 0 aliphatic carbocycles. The van der Waals surface area contributed by atoms with Gasteiger partial charge >= 0.3 is 5.69 Å². The number of methoxy groups -OCH3 is 1. The third kappa shape index (κ3) is 4.94. The van der Waals surface area contributed by atoms with Gasteiger partial charge in [0.25, 0.3) is 5.91 Å². The van der Waals surface area contributed by atoms with Gasteiger partial charge in [0.2, 0.25) is 5.91 Å². The number of carbonyl (C=O) groups excluding carboxylic acids is 2. The Hall–Kier alpha value is -3.62. The van der Waals surface area contributed by atoms with Gasteiger partial charge in [0, 0.05) is 45.0 Å². The van der Waals surface area contributed by atoms with Crippen LogP contribution in [0.25, 0.3) is 0 Å². The van der Waals surface area contributed by atoms with Crippen molar-refractivity contribution < 1.29 is 19.2 Å². The summed E-state index contributed by atoms with van der Waals surface area (Å²) in [6.45, 7) is 7.77. The first-order valence-corrected chi connectivity index (χ1v) is 12.0. The summed E-state index contributed by atoms with van der Waals surface area (Å²) in [5.41, 5.74) is 3.39. The zero-order valence-corrected chi connectivity index (χ0v) is 20.5. The van der Waals surface area contributed by atoms with Crippen molar-refractivity contribution in [3.05, 3.63) is 63.2 Å². The highest BCUT2D eigenvalue weighted by atomic mass is 16.6.